The number of nitrogens with zero attached hydrogens (tertiary/aromatic N) is 2. The van der Waals surface area contributed by atoms with Gasteiger partial charge in [-0.05, 0) is 26.0 Å². The van der Waals surface area contributed by atoms with Crippen molar-refractivity contribution < 1.29 is 9.18 Å². The van der Waals surface area contributed by atoms with Gasteiger partial charge in [0.25, 0.3) is 5.91 Å². The van der Waals surface area contributed by atoms with Crippen molar-refractivity contribution in [1.82, 2.24) is 9.88 Å². The highest BCUT2D eigenvalue weighted by Crippen LogP contribution is 2.17. The second kappa shape index (κ2) is 4.91. The van der Waals surface area contributed by atoms with Crippen molar-refractivity contribution in [3.05, 3.63) is 29.8 Å². The first-order valence-corrected chi connectivity index (χ1v) is 5.96. The molecular weight excluding hydrogens is 275 g/mol. The highest BCUT2D eigenvalue weighted by atomic mass is 79.9. The molecule has 16 heavy (non-hydrogen) atoms. The molecule has 1 amide bonds. The molecule has 1 aromatic rings. The minimum atomic E-state index is -0.445. The molecule has 1 rings (SSSR count). The third-order valence-corrected chi connectivity index (χ3v) is 3.86. The molecule has 1 heterocycles. The summed E-state index contributed by atoms with van der Waals surface area (Å²) in [5.41, 5.74) is -0.0643. The Kier molecular flexibility index (Phi) is 4.02. The van der Waals surface area contributed by atoms with Crippen molar-refractivity contribution in [3.8, 4) is 0 Å². The van der Waals surface area contributed by atoms with Crippen LogP contribution < -0.4 is 0 Å². The van der Waals surface area contributed by atoms with Crippen LogP contribution in [0.4, 0.5) is 4.39 Å². The summed E-state index contributed by atoms with van der Waals surface area (Å²) in [6.07, 6.45) is 1.04. The van der Waals surface area contributed by atoms with Gasteiger partial charge >= 0.3 is 0 Å². The van der Waals surface area contributed by atoms with Gasteiger partial charge in [0.2, 0.25) is 0 Å². The van der Waals surface area contributed by atoms with Gasteiger partial charge in [0.15, 0.2) is 0 Å². The Balaban J connectivity index is 2.90. The number of hydrogen-bond acceptors (Lipinski definition) is 2. The van der Waals surface area contributed by atoms with Crippen LogP contribution in [-0.4, -0.2) is 33.7 Å². The minimum absolute atomic E-state index is 0.218. The average molecular weight is 289 g/mol. The lowest BCUT2D eigenvalue weighted by Crippen LogP contribution is -2.46. The fourth-order valence-corrected chi connectivity index (χ4v) is 1.41. The smallest absolute Gasteiger partial charge is 0.272 e. The molecule has 0 fully saturated rings. The Morgan fingerprint density at radius 1 is 1.56 bits per heavy atom. The molecule has 0 bridgehead atoms. The Bertz CT molecular complexity index is 378. The van der Waals surface area contributed by atoms with Gasteiger partial charge in [0, 0.05) is 17.9 Å². The average Bonchev–Trinajstić information content (AvgIpc) is 2.28. The summed E-state index contributed by atoms with van der Waals surface area (Å²) < 4.78 is 12.7. The van der Waals surface area contributed by atoms with Crippen molar-refractivity contribution in [2.75, 3.05) is 12.4 Å². The van der Waals surface area contributed by atoms with Crippen molar-refractivity contribution in [1.29, 1.82) is 0 Å². The number of aromatic nitrogens is 1. The van der Waals surface area contributed by atoms with Gasteiger partial charge in [-0.1, -0.05) is 15.9 Å². The van der Waals surface area contributed by atoms with Crippen LogP contribution in [0.5, 0.6) is 0 Å². The first-order valence-electron chi connectivity index (χ1n) is 4.84. The first kappa shape index (κ1) is 13.1. The molecule has 3 nitrogen and oxygen atoms in total. The number of amides is 1. The van der Waals surface area contributed by atoms with Crippen molar-refractivity contribution in [3.63, 3.8) is 0 Å². The van der Waals surface area contributed by atoms with Gasteiger partial charge in [-0.25, -0.2) is 9.37 Å². The lowest BCUT2D eigenvalue weighted by molar-refractivity contribution is 0.0657. The maximum atomic E-state index is 12.7. The molecule has 0 aliphatic rings. The highest BCUT2D eigenvalue weighted by molar-refractivity contribution is 9.09. The normalized spacial score (nSPS) is 11.3. The fourth-order valence-electron chi connectivity index (χ4n) is 1.04. The van der Waals surface area contributed by atoms with E-state index in [-0.39, 0.29) is 17.1 Å². The number of carbonyl (C=O) groups is 1. The number of alkyl halides is 1. The van der Waals surface area contributed by atoms with Crippen molar-refractivity contribution in [2.45, 2.75) is 19.4 Å². The molecule has 0 spiro atoms. The van der Waals surface area contributed by atoms with Gasteiger partial charge in [0.1, 0.15) is 11.5 Å². The van der Waals surface area contributed by atoms with Gasteiger partial charge in [-0.3, -0.25) is 4.79 Å². The van der Waals surface area contributed by atoms with Gasteiger partial charge in [-0.15, -0.1) is 0 Å². The van der Waals surface area contributed by atoms with Crippen molar-refractivity contribution in [2.24, 2.45) is 0 Å². The second-order valence-electron chi connectivity index (χ2n) is 4.17. The maximum Gasteiger partial charge on any atom is 0.272 e. The lowest BCUT2D eigenvalue weighted by Gasteiger charge is -2.33. The van der Waals surface area contributed by atoms with Gasteiger partial charge < -0.3 is 4.90 Å². The van der Waals surface area contributed by atoms with Crippen LogP contribution in [0.1, 0.15) is 24.3 Å². The SMILES string of the molecule is CN(C(=O)c1ccc(F)cn1)C(C)(C)CBr. The van der Waals surface area contributed by atoms with Crippen molar-refractivity contribution >= 4 is 21.8 Å². The minimum Gasteiger partial charge on any atom is -0.334 e. The Labute approximate surface area is 103 Å². The molecule has 0 N–H and O–H groups in total. The Morgan fingerprint density at radius 2 is 2.19 bits per heavy atom. The zero-order valence-electron chi connectivity index (χ0n) is 9.50. The number of rotatable bonds is 3. The molecule has 0 unspecified atom stereocenters. The third-order valence-electron chi connectivity index (χ3n) is 2.49. The standard InChI is InChI=1S/C11H14BrFN2O/c1-11(2,7-12)15(3)10(16)9-5-4-8(13)6-14-9/h4-6H,7H2,1-3H3. The molecule has 1 aromatic heterocycles. The Morgan fingerprint density at radius 3 is 2.62 bits per heavy atom. The summed E-state index contributed by atoms with van der Waals surface area (Å²) in [6, 6.07) is 2.62. The first-order chi connectivity index (χ1) is 7.38. The molecule has 88 valence electrons. The zero-order chi connectivity index (χ0) is 12.3. The van der Waals surface area contributed by atoms with E-state index in [1.54, 1.807) is 11.9 Å². The third kappa shape index (κ3) is 2.78. The summed E-state index contributed by atoms with van der Waals surface area (Å²) in [6.45, 7) is 3.87. The van der Waals surface area contributed by atoms with E-state index >= 15 is 0 Å². The van der Waals surface area contributed by atoms with Crippen LogP contribution in [0, 0.1) is 5.82 Å². The lowest BCUT2D eigenvalue weighted by atomic mass is 10.1. The molecule has 0 atom stereocenters. The number of halogens is 2. The summed E-state index contributed by atoms with van der Waals surface area (Å²) in [7, 11) is 1.70. The molecular formula is C11H14BrFN2O. The second-order valence-corrected chi connectivity index (χ2v) is 4.73. The molecule has 0 saturated carbocycles. The summed E-state index contributed by atoms with van der Waals surface area (Å²) in [5.74, 6) is -0.664. The molecule has 0 aliphatic heterocycles. The van der Waals surface area contributed by atoms with Gasteiger partial charge in [-0.2, -0.15) is 0 Å². The van der Waals surface area contributed by atoms with E-state index in [0.29, 0.717) is 5.33 Å². The van der Waals surface area contributed by atoms with E-state index in [2.05, 4.69) is 20.9 Å². The predicted octanol–water partition coefficient (Wildman–Crippen LogP) is 2.47. The van der Waals surface area contributed by atoms with Crippen LogP contribution in [0.15, 0.2) is 18.3 Å². The summed E-state index contributed by atoms with van der Waals surface area (Å²) in [4.78, 5) is 17.3. The molecule has 0 radical (unpaired) electrons. The summed E-state index contributed by atoms with van der Waals surface area (Å²) in [5, 5.41) is 0.656. The van der Waals surface area contributed by atoms with E-state index < -0.39 is 5.82 Å². The van der Waals surface area contributed by atoms with Crippen LogP contribution in [0.3, 0.4) is 0 Å². The van der Waals surface area contributed by atoms with E-state index in [9.17, 15) is 9.18 Å². The zero-order valence-corrected chi connectivity index (χ0v) is 11.1. The largest absolute Gasteiger partial charge is 0.334 e. The molecule has 0 aliphatic carbocycles. The fraction of sp³-hybridized carbons (Fsp3) is 0.455. The molecule has 0 aromatic carbocycles. The van der Waals surface area contributed by atoms with E-state index in [1.807, 2.05) is 13.8 Å². The summed E-state index contributed by atoms with van der Waals surface area (Å²) >= 11 is 3.35. The number of hydrogen-bond donors (Lipinski definition) is 0. The van der Waals surface area contributed by atoms with E-state index in [0.717, 1.165) is 6.20 Å². The Hall–Kier alpha value is -0.970. The van der Waals surface area contributed by atoms with Crippen LogP contribution >= 0.6 is 15.9 Å². The molecule has 5 heteroatoms. The quantitative estimate of drug-likeness (QED) is 0.801. The van der Waals surface area contributed by atoms with Crippen LogP contribution in [0.2, 0.25) is 0 Å². The monoisotopic (exact) mass is 288 g/mol. The molecule has 0 saturated heterocycles. The topological polar surface area (TPSA) is 33.2 Å². The van der Waals surface area contributed by atoms with Crippen LogP contribution in [-0.2, 0) is 0 Å². The highest BCUT2D eigenvalue weighted by Gasteiger charge is 2.27. The van der Waals surface area contributed by atoms with Gasteiger partial charge in [0.05, 0.1) is 6.20 Å². The van der Waals surface area contributed by atoms with Crippen LogP contribution in [0.25, 0.3) is 0 Å². The maximum absolute atomic E-state index is 12.7. The van der Waals surface area contributed by atoms with E-state index in [4.69, 9.17) is 0 Å². The number of carbonyl (C=O) groups excluding carboxylic acids is 1. The van der Waals surface area contributed by atoms with E-state index in [1.165, 1.54) is 12.1 Å². The predicted molar refractivity (Wildman–Crippen MR) is 64.2 cm³/mol. The number of pyridine rings is 1.